The fourth-order valence-corrected chi connectivity index (χ4v) is 1.59. The van der Waals surface area contributed by atoms with E-state index in [0.717, 1.165) is 7.11 Å². The van der Waals surface area contributed by atoms with Gasteiger partial charge in [-0.2, -0.15) is 14.0 Å². The van der Waals surface area contributed by atoms with Crippen molar-refractivity contribution >= 4 is 21.9 Å². The molecule has 0 aliphatic carbocycles. The molecular formula is C10H6BrF2NO3. The molecule has 90 valence electrons. The van der Waals surface area contributed by atoms with Gasteiger partial charge in [-0.15, -0.1) is 0 Å². The molecule has 0 spiro atoms. The zero-order valence-corrected chi connectivity index (χ0v) is 10.1. The Kier molecular flexibility index (Phi) is 4.40. The highest BCUT2D eigenvalue weighted by molar-refractivity contribution is 9.10. The van der Waals surface area contributed by atoms with Crippen LogP contribution in [0.2, 0.25) is 0 Å². The average molecular weight is 306 g/mol. The lowest BCUT2D eigenvalue weighted by molar-refractivity contribution is -0.0501. The molecule has 0 atom stereocenters. The van der Waals surface area contributed by atoms with Crippen LogP contribution in [0.5, 0.6) is 5.75 Å². The monoisotopic (exact) mass is 305 g/mol. The van der Waals surface area contributed by atoms with Crippen LogP contribution < -0.4 is 4.74 Å². The van der Waals surface area contributed by atoms with Crippen LogP contribution in [0.4, 0.5) is 8.78 Å². The normalized spacial score (nSPS) is 9.88. The van der Waals surface area contributed by atoms with E-state index in [9.17, 15) is 13.6 Å². The molecule has 0 aromatic heterocycles. The van der Waals surface area contributed by atoms with Crippen LogP contribution in [0.25, 0.3) is 0 Å². The highest BCUT2D eigenvalue weighted by atomic mass is 79.9. The molecule has 0 amide bonds. The molecule has 0 radical (unpaired) electrons. The number of hydrogen-bond donors (Lipinski definition) is 0. The van der Waals surface area contributed by atoms with E-state index in [0.29, 0.717) is 4.47 Å². The number of alkyl halides is 2. The lowest BCUT2D eigenvalue weighted by Gasteiger charge is -2.10. The molecular weight excluding hydrogens is 300 g/mol. The van der Waals surface area contributed by atoms with Gasteiger partial charge in [-0.05, 0) is 12.1 Å². The van der Waals surface area contributed by atoms with Gasteiger partial charge in [0.1, 0.15) is 17.4 Å². The average Bonchev–Trinajstić information content (AvgIpc) is 2.26. The van der Waals surface area contributed by atoms with Crippen molar-refractivity contribution in [1.82, 2.24) is 0 Å². The Bertz CT molecular complexity index is 485. The topological polar surface area (TPSA) is 59.3 Å². The standard InChI is InChI=1S/C10H6BrF2NO3/c1-16-9(15)6-2-5(11)3-8(7(6)4-14)17-10(12)13/h2-3,10H,1H3. The minimum atomic E-state index is -3.08. The van der Waals surface area contributed by atoms with Gasteiger partial charge in [0.15, 0.2) is 0 Å². The summed E-state index contributed by atoms with van der Waals surface area (Å²) < 4.78 is 33.2. The minimum absolute atomic E-state index is 0.139. The SMILES string of the molecule is COC(=O)c1cc(Br)cc(OC(F)F)c1C#N. The molecule has 1 aromatic carbocycles. The molecule has 0 saturated heterocycles. The van der Waals surface area contributed by atoms with E-state index < -0.39 is 12.6 Å². The highest BCUT2D eigenvalue weighted by Gasteiger charge is 2.19. The van der Waals surface area contributed by atoms with Crippen LogP contribution in [0.3, 0.4) is 0 Å². The summed E-state index contributed by atoms with van der Waals surface area (Å²) in [6, 6.07) is 4.10. The van der Waals surface area contributed by atoms with Crippen molar-refractivity contribution in [1.29, 1.82) is 5.26 Å². The second kappa shape index (κ2) is 5.59. The number of carbonyl (C=O) groups is 1. The van der Waals surface area contributed by atoms with Gasteiger partial charge in [0.2, 0.25) is 0 Å². The summed E-state index contributed by atoms with van der Waals surface area (Å²) in [5.41, 5.74) is -0.430. The largest absolute Gasteiger partial charge is 0.465 e. The Morgan fingerprint density at radius 2 is 2.18 bits per heavy atom. The predicted molar refractivity (Wildman–Crippen MR) is 56.8 cm³/mol. The van der Waals surface area contributed by atoms with Gasteiger partial charge in [-0.25, -0.2) is 4.79 Å². The van der Waals surface area contributed by atoms with Crippen LogP contribution >= 0.6 is 15.9 Å². The number of hydrogen-bond acceptors (Lipinski definition) is 4. The molecule has 0 bridgehead atoms. The molecule has 4 nitrogen and oxygen atoms in total. The maximum absolute atomic E-state index is 12.1. The second-order valence-electron chi connectivity index (χ2n) is 2.81. The third-order valence-corrected chi connectivity index (χ3v) is 2.26. The van der Waals surface area contributed by atoms with Crippen LogP contribution in [-0.4, -0.2) is 19.7 Å². The predicted octanol–water partition coefficient (Wildman–Crippen LogP) is 2.71. The third-order valence-electron chi connectivity index (χ3n) is 1.80. The minimum Gasteiger partial charge on any atom is -0.465 e. The van der Waals surface area contributed by atoms with Gasteiger partial charge in [0, 0.05) is 4.47 Å². The summed E-state index contributed by atoms with van der Waals surface area (Å²) >= 11 is 3.02. The quantitative estimate of drug-likeness (QED) is 0.806. The summed E-state index contributed by atoms with van der Waals surface area (Å²) in [4.78, 5) is 11.3. The van der Waals surface area contributed by atoms with Crippen LogP contribution in [0, 0.1) is 11.3 Å². The van der Waals surface area contributed by atoms with Crippen molar-refractivity contribution in [3.8, 4) is 11.8 Å². The number of benzene rings is 1. The second-order valence-corrected chi connectivity index (χ2v) is 3.72. The lowest BCUT2D eigenvalue weighted by Crippen LogP contribution is -2.09. The molecule has 0 fully saturated rings. The smallest absolute Gasteiger partial charge is 0.387 e. The maximum atomic E-state index is 12.1. The van der Waals surface area contributed by atoms with Crippen molar-refractivity contribution in [2.45, 2.75) is 6.61 Å². The maximum Gasteiger partial charge on any atom is 0.387 e. The van der Waals surface area contributed by atoms with E-state index in [4.69, 9.17) is 5.26 Å². The summed E-state index contributed by atoms with van der Waals surface area (Å²) in [5.74, 6) is -1.18. The number of carbonyl (C=O) groups excluding carboxylic acids is 1. The number of nitriles is 1. The molecule has 7 heteroatoms. The summed E-state index contributed by atoms with van der Waals surface area (Å²) in [7, 11) is 1.12. The van der Waals surface area contributed by atoms with E-state index in [2.05, 4.69) is 25.4 Å². The molecule has 0 aliphatic heterocycles. The van der Waals surface area contributed by atoms with Crippen LogP contribution in [-0.2, 0) is 4.74 Å². The third kappa shape index (κ3) is 3.14. The summed E-state index contributed by atoms with van der Waals surface area (Å²) in [6.07, 6.45) is 0. The first-order valence-electron chi connectivity index (χ1n) is 4.26. The Morgan fingerprint density at radius 3 is 2.65 bits per heavy atom. The van der Waals surface area contributed by atoms with E-state index in [1.165, 1.54) is 12.1 Å². The number of methoxy groups -OCH3 is 1. The van der Waals surface area contributed by atoms with Gasteiger partial charge in [0.25, 0.3) is 0 Å². The lowest BCUT2D eigenvalue weighted by atomic mass is 10.1. The van der Waals surface area contributed by atoms with E-state index in [1.54, 1.807) is 6.07 Å². The highest BCUT2D eigenvalue weighted by Crippen LogP contribution is 2.29. The molecule has 0 heterocycles. The van der Waals surface area contributed by atoms with Crippen LogP contribution in [0.1, 0.15) is 15.9 Å². The fourth-order valence-electron chi connectivity index (χ4n) is 1.16. The number of nitrogens with zero attached hydrogens (tertiary/aromatic N) is 1. The number of halogens is 3. The molecule has 0 aliphatic rings. The van der Waals surface area contributed by atoms with Crippen molar-refractivity contribution in [2.24, 2.45) is 0 Å². The van der Waals surface area contributed by atoms with Gasteiger partial charge in [-0.3, -0.25) is 0 Å². The first-order valence-corrected chi connectivity index (χ1v) is 5.05. The summed E-state index contributed by atoms with van der Waals surface area (Å²) in [5, 5.41) is 8.85. The Labute approximate surface area is 104 Å². The Hall–Kier alpha value is -1.68. The Morgan fingerprint density at radius 1 is 1.53 bits per heavy atom. The van der Waals surface area contributed by atoms with Gasteiger partial charge >= 0.3 is 12.6 Å². The first-order chi connectivity index (χ1) is 7.99. The van der Waals surface area contributed by atoms with Crippen molar-refractivity contribution in [2.75, 3.05) is 7.11 Å². The Balaban J connectivity index is 3.36. The van der Waals surface area contributed by atoms with E-state index in [-0.39, 0.29) is 16.9 Å². The van der Waals surface area contributed by atoms with Crippen molar-refractivity contribution in [3.05, 3.63) is 27.7 Å². The van der Waals surface area contributed by atoms with Gasteiger partial charge in [0.05, 0.1) is 12.7 Å². The number of ether oxygens (including phenoxy) is 2. The van der Waals surface area contributed by atoms with Crippen LogP contribution in [0.15, 0.2) is 16.6 Å². The van der Waals surface area contributed by atoms with Crippen molar-refractivity contribution in [3.63, 3.8) is 0 Å². The number of rotatable bonds is 3. The number of esters is 1. The van der Waals surface area contributed by atoms with Crippen molar-refractivity contribution < 1.29 is 23.0 Å². The van der Waals surface area contributed by atoms with E-state index in [1.807, 2.05) is 0 Å². The first kappa shape index (κ1) is 13.4. The van der Waals surface area contributed by atoms with Gasteiger partial charge in [-0.1, -0.05) is 15.9 Å². The van der Waals surface area contributed by atoms with Gasteiger partial charge < -0.3 is 9.47 Å². The summed E-state index contributed by atoms with van der Waals surface area (Å²) in [6.45, 7) is -3.08. The molecule has 17 heavy (non-hydrogen) atoms. The molecule has 0 saturated carbocycles. The molecule has 1 rings (SSSR count). The molecule has 0 unspecified atom stereocenters. The fraction of sp³-hybridized carbons (Fsp3) is 0.200. The zero-order chi connectivity index (χ0) is 13.0. The molecule has 0 N–H and O–H groups in total. The van der Waals surface area contributed by atoms with E-state index >= 15 is 0 Å². The zero-order valence-electron chi connectivity index (χ0n) is 8.54. The molecule has 1 aromatic rings.